The van der Waals surface area contributed by atoms with Crippen LogP contribution in [0.3, 0.4) is 0 Å². The van der Waals surface area contributed by atoms with E-state index >= 15 is 0 Å². The smallest absolute Gasteiger partial charge is 0.323 e. The Labute approximate surface area is 223 Å². The largest absolute Gasteiger partial charge is 0.465 e. The number of rotatable bonds is 21. The van der Waals surface area contributed by atoms with Crippen LogP contribution < -0.4 is 10.6 Å². The molecule has 0 aromatic heterocycles. The highest BCUT2D eigenvalue weighted by Crippen LogP contribution is 2.29. The summed E-state index contributed by atoms with van der Waals surface area (Å²) in [7, 11) is 0. The van der Waals surface area contributed by atoms with Gasteiger partial charge < -0.3 is 29.6 Å². The number of esters is 3. The summed E-state index contributed by atoms with van der Waals surface area (Å²) in [6.07, 6.45) is 9.99. The zero-order chi connectivity index (χ0) is 27.3. The molecule has 0 radical (unpaired) electrons. The fourth-order valence-electron chi connectivity index (χ4n) is 4.19. The molecule has 0 spiro atoms. The van der Waals surface area contributed by atoms with Crippen LogP contribution in [0, 0.1) is 11.8 Å². The molecule has 214 valence electrons. The normalized spacial score (nSPS) is 19.0. The van der Waals surface area contributed by atoms with Gasteiger partial charge in [-0.2, -0.15) is 0 Å². The van der Waals surface area contributed by atoms with Crippen LogP contribution in [0.2, 0.25) is 0 Å². The lowest BCUT2D eigenvalue weighted by atomic mass is 9.83. The fraction of sp³-hybridized carbons (Fsp3) is 0.857. The predicted molar refractivity (Wildman–Crippen MR) is 142 cm³/mol. The standard InChI is InChI=1S/C28H50N2O7/c1-4-7-14-29-24(19-31)17-26(32)36-20-22-10-12-23(13-11-22)21-37-27(33)18-25(30-15-8-5-2)28(34)35-16-9-6-3/h19,22-25,29-30H,4-18,20-21H2,1-3H3. The minimum absolute atomic E-state index is 0.0327. The molecule has 0 saturated heterocycles. The van der Waals surface area contributed by atoms with Crippen molar-refractivity contribution in [3.8, 4) is 0 Å². The first kappa shape index (κ1) is 33.0. The summed E-state index contributed by atoms with van der Waals surface area (Å²) < 4.78 is 16.2. The average Bonchev–Trinajstić information content (AvgIpc) is 2.90. The van der Waals surface area contributed by atoms with E-state index in [1.165, 1.54) is 0 Å². The maximum atomic E-state index is 12.4. The monoisotopic (exact) mass is 526 g/mol. The van der Waals surface area contributed by atoms with Crippen LogP contribution in [0.1, 0.15) is 97.8 Å². The molecular weight excluding hydrogens is 476 g/mol. The number of carbonyl (C=O) groups excluding carboxylic acids is 4. The third kappa shape index (κ3) is 15.8. The average molecular weight is 527 g/mol. The minimum Gasteiger partial charge on any atom is -0.465 e. The summed E-state index contributed by atoms with van der Waals surface area (Å²) in [4.78, 5) is 48.1. The molecule has 37 heavy (non-hydrogen) atoms. The predicted octanol–water partition coefficient (Wildman–Crippen LogP) is 3.72. The number of nitrogens with one attached hydrogen (secondary N) is 2. The second-order valence-electron chi connectivity index (χ2n) is 10.1. The van der Waals surface area contributed by atoms with Crippen molar-refractivity contribution in [1.82, 2.24) is 10.6 Å². The number of ether oxygens (including phenoxy) is 3. The van der Waals surface area contributed by atoms with Crippen LogP contribution in [0.5, 0.6) is 0 Å². The molecule has 1 rings (SSSR count). The van der Waals surface area contributed by atoms with Crippen molar-refractivity contribution in [2.75, 3.05) is 32.9 Å². The summed E-state index contributed by atoms with van der Waals surface area (Å²) in [6.45, 7) is 8.58. The molecule has 1 aliphatic carbocycles. The maximum Gasteiger partial charge on any atom is 0.323 e. The van der Waals surface area contributed by atoms with Crippen LogP contribution in [-0.2, 0) is 33.4 Å². The molecule has 0 heterocycles. The zero-order valence-electron chi connectivity index (χ0n) is 23.3. The van der Waals surface area contributed by atoms with Crippen LogP contribution in [0.4, 0.5) is 0 Å². The molecule has 0 aliphatic heterocycles. The zero-order valence-corrected chi connectivity index (χ0v) is 23.3. The van der Waals surface area contributed by atoms with Gasteiger partial charge in [0.25, 0.3) is 0 Å². The third-order valence-electron chi connectivity index (χ3n) is 6.73. The summed E-state index contributed by atoms with van der Waals surface area (Å²) in [5.74, 6) is -0.597. The van der Waals surface area contributed by atoms with Crippen molar-refractivity contribution in [3.63, 3.8) is 0 Å². The highest BCUT2D eigenvalue weighted by atomic mass is 16.5. The van der Waals surface area contributed by atoms with Crippen LogP contribution >= 0.6 is 0 Å². The van der Waals surface area contributed by atoms with Gasteiger partial charge >= 0.3 is 17.9 Å². The Bertz CT molecular complexity index is 650. The lowest BCUT2D eigenvalue weighted by Crippen LogP contribution is -2.41. The molecule has 2 N–H and O–H groups in total. The lowest BCUT2D eigenvalue weighted by Gasteiger charge is -2.28. The Morgan fingerprint density at radius 2 is 1.27 bits per heavy atom. The first-order valence-electron chi connectivity index (χ1n) is 14.3. The summed E-state index contributed by atoms with van der Waals surface area (Å²) >= 11 is 0. The fourth-order valence-corrected chi connectivity index (χ4v) is 4.19. The second kappa shape index (κ2) is 21.0. The van der Waals surface area contributed by atoms with E-state index in [1.54, 1.807) is 0 Å². The molecule has 0 amide bonds. The first-order valence-corrected chi connectivity index (χ1v) is 14.3. The Hall–Kier alpha value is -2.00. The molecular formula is C28H50N2O7. The number of unbranched alkanes of at least 4 members (excludes halogenated alkanes) is 3. The maximum absolute atomic E-state index is 12.4. The first-order chi connectivity index (χ1) is 17.9. The highest BCUT2D eigenvalue weighted by molar-refractivity contribution is 5.82. The molecule has 9 heteroatoms. The Morgan fingerprint density at radius 3 is 1.78 bits per heavy atom. The van der Waals surface area contributed by atoms with Crippen LogP contribution in [0.15, 0.2) is 0 Å². The van der Waals surface area contributed by atoms with E-state index < -0.39 is 24.0 Å². The SMILES string of the molecule is CCCCNC(C=O)CC(=O)OCC1CCC(COC(=O)CC(NCCCC)C(=O)OCCCC)CC1. The van der Waals surface area contributed by atoms with Crippen molar-refractivity contribution in [2.24, 2.45) is 11.8 Å². The summed E-state index contributed by atoms with van der Waals surface area (Å²) in [5.41, 5.74) is 0. The van der Waals surface area contributed by atoms with Gasteiger partial charge in [-0.3, -0.25) is 14.4 Å². The van der Waals surface area contributed by atoms with Gasteiger partial charge in [0, 0.05) is 0 Å². The van der Waals surface area contributed by atoms with Gasteiger partial charge in [0.15, 0.2) is 0 Å². The quantitative estimate of drug-likeness (QED) is 0.0998. The molecule has 2 unspecified atom stereocenters. The number of aldehydes is 1. The second-order valence-corrected chi connectivity index (χ2v) is 10.1. The van der Waals surface area contributed by atoms with E-state index in [9.17, 15) is 19.2 Å². The number of carbonyl (C=O) groups is 4. The van der Waals surface area contributed by atoms with Gasteiger partial charge in [0.05, 0.1) is 38.7 Å². The molecule has 0 bridgehead atoms. The van der Waals surface area contributed by atoms with Gasteiger partial charge in [-0.1, -0.05) is 40.0 Å². The third-order valence-corrected chi connectivity index (χ3v) is 6.73. The van der Waals surface area contributed by atoms with E-state index in [1.807, 2.05) is 6.92 Å². The van der Waals surface area contributed by atoms with Gasteiger partial charge in [0.2, 0.25) is 0 Å². The van der Waals surface area contributed by atoms with Gasteiger partial charge in [-0.15, -0.1) is 0 Å². The molecule has 0 aromatic carbocycles. The van der Waals surface area contributed by atoms with Crippen molar-refractivity contribution in [3.05, 3.63) is 0 Å². The van der Waals surface area contributed by atoms with E-state index in [0.717, 1.165) is 70.5 Å². The molecule has 1 saturated carbocycles. The van der Waals surface area contributed by atoms with Gasteiger partial charge in [-0.25, -0.2) is 0 Å². The van der Waals surface area contributed by atoms with Gasteiger partial charge in [-0.05, 0) is 69.9 Å². The molecule has 0 aromatic rings. The topological polar surface area (TPSA) is 120 Å². The minimum atomic E-state index is -0.679. The van der Waals surface area contributed by atoms with E-state index in [-0.39, 0.29) is 30.6 Å². The van der Waals surface area contributed by atoms with Crippen molar-refractivity contribution in [2.45, 2.75) is 110 Å². The van der Waals surface area contributed by atoms with E-state index in [2.05, 4.69) is 24.5 Å². The molecule has 1 aliphatic rings. The Balaban J connectivity index is 2.31. The lowest BCUT2D eigenvalue weighted by molar-refractivity contribution is -0.153. The van der Waals surface area contributed by atoms with Gasteiger partial charge in [0.1, 0.15) is 12.3 Å². The number of hydrogen-bond acceptors (Lipinski definition) is 9. The molecule has 9 nitrogen and oxygen atoms in total. The summed E-state index contributed by atoms with van der Waals surface area (Å²) in [6, 6.07) is -1.17. The Morgan fingerprint density at radius 1 is 0.757 bits per heavy atom. The molecule has 1 fully saturated rings. The van der Waals surface area contributed by atoms with Crippen molar-refractivity contribution < 1.29 is 33.4 Å². The molecule has 2 atom stereocenters. The Kier molecular flexibility index (Phi) is 18.7. The van der Waals surface area contributed by atoms with Crippen molar-refractivity contribution in [1.29, 1.82) is 0 Å². The highest BCUT2D eigenvalue weighted by Gasteiger charge is 2.26. The van der Waals surface area contributed by atoms with Crippen LogP contribution in [-0.4, -0.2) is 69.2 Å². The van der Waals surface area contributed by atoms with E-state index in [4.69, 9.17) is 14.2 Å². The van der Waals surface area contributed by atoms with E-state index in [0.29, 0.717) is 32.9 Å². The van der Waals surface area contributed by atoms with Crippen molar-refractivity contribution >= 4 is 24.2 Å². The van der Waals surface area contributed by atoms with Crippen LogP contribution in [0.25, 0.3) is 0 Å². The summed E-state index contributed by atoms with van der Waals surface area (Å²) in [5, 5.41) is 6.20. The number of hydrogen-bond donors (Lipinski definition) is 2.